The molecule has 1 fully saturated rings. The molecule has 4 nitrogen and oxygen atoms in total. The second-order valence-corrected chi connectivity index (χ2v) is 4.65. The van der Waals surface area contributed by atoms with Gasteiger partial charge in [-0.1, -0.05) is 18.6 Å². The Morgan fingerprint density at radius 1 is 1.22 bits per heavy atom. The van der Waals surface area contributed by atoms with E-state index in [2.05, 4.69) is 5.32 Å². The van der Waals surface area contributed by atoms with Crippen molar-refractivity contribution >= 4 is 11.8 Å². The van der Waals surface area contributed by atoms with E-state index in [1.807, 2.05) is 0 Å². The fourth-order valence-electron chi connectivity index (χ4n) is 2.18. The molecule has 0 saturated heterocycles. The maximum absolute atomic E-state index is 11.7. The number of benzene rings is 1. The highest BCUT2D eigenvalue weighted by atomic mass is 16.6. The molecule has 1 amide bonds. The van der Waals surface area contributed by atoms with Gasteiger partial charge in [-0.3, -0.25) is 5.32 Å². The summed E-state index contributed by atoms with van der Waals surface area (Å²) in [6, 6.07) is 7.06. The van der Waals surface area contributed by atoms with Crippen molar-refractivity contribution in [1.29, 1.82) is 0 Å². The van der Waals surface area contributed by atoms with Crippen LogP contribution in [-0.4, -0.2) is 17.3 Å². The third kappa shape index (κ3) is 3.74. The summed E-state index contributed by atoms with van der Waals surface area (Å²) < 4.78 is 5.35. The van der Waals surface area contributed by atoms with Crippen LogP contribution in [0.25, 0.3) is 0 Å². The fraction of sp³-hybridized carbons (Fsp3) is 0.500. The molecule has 1 aromatic carbocycles. The van der Waals surface area contributed by atoms with E-state index < -0.39 is 6.09 Å². The van der Waals surface area contributed by atoms with Gasteiger partial charge in [-0.15, -0.1) is 0 Å². The summed E-state index contributed by atoms with van der Waals surface area (Å²) in [5.41, 5.74) is 1.51. The van der Waals surface area contributed by atoms with Crippen LogP contribution in [0.3, 0.4) is 0 Å². The number of carbonyl (C=O) groups is 1. The van der Waals surface area contributed by atoms with Gasteiger partial charge in [-0.25, -0.2) is 4.79 Å². The van der Waals surface area contributed by atoms with Gasteiger partial charge in [0.05, 0.1) is 6.61 Å². The molecule has 2 rings (SSSR count). The number of hydrogen-bond acceptors (Lipinski definition) is 3. The number of amides is 1. The summed E-state index contributed by atoms with van der Waals surface area (Å²) in [5.74, 6) is 0. The van der Waals surface area contributed by atoms with Crippen molar-refractivity contribution in [3.8, 4) is 0 Å². The second kappa shape index (κ2) is 6.40. The Morgan fingerprint density at radius 2 is 1.89 bits per heavy atom. The zero-order valence-corrected chi connectivity index (χ0v) is 10.4. The van der Waals surface area contributed by atoms with Crippen molar-refractivity contribution in [3.05, 3.63) is 29.8 Å². The molecule has 1 aliphatic rings. The lowest BCUT2D eigenvalue weighted by Gasteiger charge is -2.21. The minimum atomic E-state index is -0.390. The first-order chi connectivity index (χ1) is 8.78. The van der Waals surface area contributed by atoms with Gasteiger partial charge in [0.25, 0.3) is 0 Å². The molecule has 1 saturated carbocycles. The third-order valence-corrected chi connectivity index (χ3v) is 3.21. The SMILES string of the molecule is O=C(Nc1ccc(CO)cc1)OC1CCCCC1. The Balaban J connectivity index is 1.82. The van der Waals surface area contributed by atoms with Crippen molar-refractivity contribution in [3.63, 3.8) is 0 Å². The molecule has 0 atom stereocenters. The van der Waals surface area contributed by atoms with Crippen LogP contribution in [0, 0.1) is 0 Å². The van der Waals surface area contributed by atoms with Crippen molar-refractivity contribution < 1.29 is 14.6 Å². The molecular weight excluding hydrogens is 230 g/mol. The molecule has 0 spiro atoms. The Labute approximate surface area is 107 Å². The van der Waals surface area contributed by atoms with Crippen molar-refractivity contribution in [2.24, 2.45) is 0 Å². The first-order valence-corrected chi connectivity index (χ1v) is 6.45. The van der Waals surface area contributed by atoms with E-state index in [-0.39, 0.29) is 12.7 Å². The highest BCUT2D eigenvalue weighted by Gasteiger charge is 2.17. The van der Waals surface area contributed by atoms with Gasteiger partial charge in [-0.05, 0) is 43.4 Å². The van der Waals surface area contributed by atoms with Crippen molar-refractivity contribution in [2.45, 2.75) is 44.8 Å². The van der Waals surface area contributed by atoms with Crippen LogP contribution in [0.4, 0.5) is 10.5 Å². The maximum Gasteiger partial charge on any atom is 0.411 e. The number of nitrogens with one attached hydrogen (secondary N) is 1. The molecule has 0 aliphatic heterocycles. The van der Waals surface area contributed by atoms with Crippen LogP contribution in [0.2, 0.25) is 0 Å². The van der Waals surface area contributed by atoms with Crippen LogP contribution in [-0.2, 0) is 11.3 Å². The van der Waals surface area contributed by atoms with Gasteiger partial charge in [0.15, 0.2) is 0 Å². The highest BCUT2D eigenvalue weighted by molar-refractivity contribution is 5.84. The monoisotopic (exact) mass is 249 g/mol. The third-order valence-electron chi connectivity index (χ3n) is 3.21. The number of ether oxygens (including phenoxy) is 1. The van der Waals surface area contributed by atoms with Crippen LogP contribution in [0.5, 0.6) is 0 Å². The zero-order valence-electron chi connectivity index (χ0n) is 10.4. The number of anilines is 1. The predicted octanol–water partition coefficient (Wildman–Crippen LogP) is 3.06. The number of aliphatic hydroxyl groups excluding tert-OH is 1. The Hall–Kier alpha value is -1.55. The predicted molar refractivity (Wildman–Crippen MR) is 69.3 cm³/mol. The van der Waals surface area contributed by atoms with Gasteiger partial charge in [0.1, 0.15) is 6.10 Å². The maximum atomic E-state index is 11.7. The fourth-order valence-corrected chi connectivity index (χ4v) is 2.18. The molecule has 2 N–H and O–H groups in total. The Bertz CT molecular complexity index is 383. The van der Waals surface area contributed by atoms with E-state index in [0.29, 0.717) is 5.69 Å². The van der Waals surface area contributed by atoms with Crippen LogP contribution in [0.15, 0.2) is 24.3 Å². The highest BCUT2D eigenvalue weighted by Crippen LogP contribution is 2.21. The molecule has 4 heteroatoms. The summed E-state index contributed by atoms with van der Waals surface area (Å²) in [4.78, 5) is 11.7. The first kappa shape index (κ1) is 12.9. The average molecular weight is 249 g/mol. The number of rotatable bonds is 3. The molecule has 0 aromatic heterocycles. The summed E-state index contributed by atoms with van der Waals surface area (Å²) in [6.45, 7) is 0.00675. The average Bonchev–Trinajstić information content (AvgIpc) is 2.40. The molecule has 1 aliphatic carbocycles. The van der Waals surface area contributed by atoms with E-state index in [4.69, 9.17) is 9.84 Å². The first-order valence-electron chi connectivity index (χ1n) is 6.45. The largest absolute Gasteiger partial charge is 0.446 e. The quantitative estimate of drug-likeness (QED) is 0.865. The lowest BCUT2D eigenvalue weighted by Crippen LogP contribution is -2.24. The molecule has 0 heterocycles. The number of carbonyl (C=O) groups excluding carboxylic acids is 1. The molecule has 0 bridgehead atoms. The smallest absolute Gasteiger partial charge is 0.411 e. The van der Waals surface area contributed by atoms with E-state index in [1.165, 1.54) is 6.42 Å². The molecule has 1 aromatic rings. The van der Waals surface area contributed by atoms with Crippen LogP contribution < -0.4 is 5.32 Å². The molecule has 0 unspecified atom stereocenters. The normalized spacial score (nSPS) is 16.3. The standard InChI is InChI=1S/C14H19NO3/c16-10-11-6-8-12(9-7-11)15-14(17)18-13-4-2-1-3-5-13/h6-9,13,16H,1-5,10H2,(H,15,17). The van der Waals surface area contributed by atoms with Crippen molar-refractivity contribution in [1.82, 2.24) is 0 Å². The molecule has 0 radical (unpaired) electrons. The number of aliphatic hydroxyl groups is 1. The van der Waals surface area contributed by atoms with Crippen LogP contribution >= 0.6 is 0 Å². The van der Waals surface area contributed by atoms with E-state index in [9.17, 15) is 4.79 Å². The van der Waals surface area contributed by atoms with E-state index >= 15 is 0 Å². The van der Waals surface area contributed by atoms with E-state index in [1.54, 1.807) is 24.3 Å². The van der Waals surface area contributed by atoms with Gasteiger partial charge in [0.2, 0.25) is 0 Å². The molecule has 98 valence electrons. The van der Waals surface area contributed by atoms with E-state index in [0.717, 1.165) is 31.2 Å². The van der Waals surface area contributed by atoms with Gasteiger partial charge in [-0.2, -0.15) is 0 Å². The van der Waals surface area contributed by atoms with Gasteiger partial charge >= 0.3 is 6.09 Å². The lowest BCUT2D eigenvalue weighted by atomic mass is 9.98. The minimum absolute atomic E-state index is 0.00675. The zero-order chi connectivity index (χ0) is 12.8. The van der Waals surface area contributed by atoms with Crippen molar-refractivity contribution in [2.75, 3.05) is 5.32 Å². The Morgan fingerprint density at radius 3 is 2.50 bits per heavy atom. The lowest BCUT2D eigenvalue weighted by molar-refractivity contribution is 0.0865. The van der Waals surface area contributed by atoms with Crippen LogP contribution in [0.1, 0.15) is 37.7 Å². The van der Waals surface area contributed by atoms with Gasteiger partial charge in [0, 0.05) is 5.69 Å². The summed E-state index contributed by atoms with van der Waals surface area (Å²) >= 11 is 0. The summed E-state index contributed by atoms with van der Waals surface area (Å²) in [5, 5.41) is 11.6. The minimum Gasteiger partial charge on any atom is -0.446 e. The summed E-state index contributed by atoms with van der Waals surface area (Å²) in [7, 11) is 0. The second-order valence-electron chi connectivity index (χ2n) is 4.65. The number of hydrogen-bond donors (Lipinski definition) is 2. The molecule has 18 heavy (non-hydrogen) atoms. The van der Waals surface area contributed by atoms with Gasteiger partial charge < -0.3 is 9.84 Å². The Kier molecular flexibility index (Phi) is 4.59. The molecular formula is C14H19NO3. The topological polar surface area (TPSA) is 58.6 Å². The summed E-state index contributed by atoms with van der Waals surface area (Å²) in [6.07, 6.45) is 5.14.